The lowest BCUT2D eigenvalue weighted by atomic mass is 10.1. The number of amides is 1. The molecule has 1 aromatic rings. The molecular formula is C12H17NO3S. The highest BCUT2D eigenvalue weighted by Gasteiger charge is 2.23. The van der Waals surface area contributed by atoms with Gasteiger partial charge in [0.25, 0.3) is 0 Å². The third kappa shape index (κ3) is 3.85. The maximum atomic E-state index is 11.6. The Bertz CT molecular complexity index is 491. The van der Waals surface area contributed by atoms with Gasteiger partial charge in [-0.05, 0) is 31.0 Å². The normalized spacial score (nSPS) is 13.1. The van der Waals surface area contributed by atoms with E-state index < -0.39 is 21.0 Å². The molecule has 0 fully saturated rings. The van der Waals surface area contributed by atoms with Crippen molar-refractivity contribution in [3.8, 4) is 0 Å². The van der Waals surface area contributed by atoms with Crippen molar-refractivity contribution in [3.63, 3.8) is 0 Å². The second kappa shape index (κ2) is 5.31. The summed E-state index contributed by atoms with van der Waals surface area (Å²) >= 11 is 0. The molecule has 1 aromatic carbocycles. The zero-order valence-corrected chi connectivity index (χ0v) is 11.0. The summed E-state index contributed by atoms with van der Waals surface area (Å²) in [6.07, 6.45) is 1.98. The molecule has 0 unspecified atom stereocenters. The SMILES string of the molecule is CCc1ccc(NC(=O)[C@@H](C)S(C)(=O)=O)cc1. The van der Waals surface area contributed by atoms with E-state index in [2.05, 4.69) is 5.32 Å². The summed E-state index contributed by atoms with van der Waals surface area (Å²) in [5, 5.41) is 1.55. The predicted molar refractivity (Wildman–Crippen MR) is 68.8 cm³/mol. The van der Waals surface area contributed by atoms with E-state index in [0.717, 1.165) is 12.7 Å². The van der Waals surface area contributed by atoms with Crippen LogP contribution in [0.15, 0.2) is 24.3 Å². The molecule has 1 amide bonds. The number of nitrogens with one attached hydrogen (secondary N) is 1. The van der Waals surface area contributed by atoms with Gasteiger partial charge in [-0.15, -0.1) is 0 Å². The van der Waals surface area contributed by atoms with Gasteiger partial charge >= 0.3 is 0 Å². The fraction of sp³-hybridized carbons (Fsp3) is 0.417. The van der Waals surface area contributed by atoms with Gasteiger partial charge in [-0.2, -0.15) is 0 Å². The Hall–Kier alpha value is -1.36. The van der Waals surface area contributed by atoms with E-state index in [0.29, 0.717) is 5.69 Å². The van der Waals surface area contributed by atoms with Crippen LogP contribution in [0.5, 0.6) is 0 Å². The Morgan fingerprint density at radius 1 is 1.29 bits per heavy atom. The lowest BCUT2D eigenvalue weighted by molar-refractivity contribution is -0.115. The average molecular weight is 255 g/mol. The molecule has 0 aromatic heterocycles. The number of hydrogen-bond donors (Lipinski definition) is 1. The molecule has 0 aliphatic heterocycles. The van der Waals surface area contributed by atoms with Crippen molar-refractivity contribution >= 4 is 21.4 Å². The van der Waals surface area contributed by atoms with Crippen LogP contribution in [0.2, 0.25) is 0 Å². The standard InChI is InChI=1S/C12H17NO3S/c1-4-10-5-7-11(8-6-10)13-12(14)9(2)17(3,15)16/h5-9H,4H2,1-3H3,(H,13,14)/t9-/m1/s1. The highest BCUT2D eigenvalue weighted by atomic mass is 32.2. The van der Waals surface area contributed by atoms with Gasteiger partial charge < -0.3 is 5.32 Å². The molecule has 0 saturated heterocycles. The van der Waals surface area contributed by atoms with Crippen molar-refractivity contribution in [2.24, 2.45) is 0 Å². The molecule has 0 heterocycles. The maximum Gasteiger partial charge on any atom is 0.242 e. The van der Waals surface area contributed by atoms with Gasteiger partial charge in [0.15, 0.2) is 9.84 Å². The molecule has 1 N–H and O–H groups in total. The molecule has 4 nitrogen and oxygen atoms in total. The first-order chi connectivity index (χ1) is 7.84. The van der Waals surface area contributed by atoms with Crippen molar-refractivity contribution in [1.82, 2.24) is 0 Å². The highest BCUT2D eigenvalue weighted by molar-refractivity contribution is 7.92. The molecule has 0 aliphatic carbocycles. The van der Waals surface area contributed by atoms with Crippen LogP contribution in [0.1, 0.15) is 19.4 Å². The Balaban J connectivity index is 2.74. The molecule has 17 heavy (non-hydrogen) atoms. The van der Waals surface area contributed by atoms with Gasteiger partial charge in [0.1, 0.15) is 5.25 Å². The number of hydrogen-bond acceptors (Lipinski definition) is 3. The molecule has 5 heteroatoms. The van der Waals surface area contributed by atoms with Crippen molar-refractivity contribution < 1.29 is 13.2 Å². The largest absolute Gasteiger partial charge is 0.325 e. The zero-order valence-electron chi connectivity index (χ0n) is 10.2. The predicted octanol–water partition coefficient (Wildman–Crippen LogP) is 1.62. The van der Waals surface area contributed by atoms with Crippen LogP contribution in [0.4, 0.5) is 5.69 Å². The molecule has 0 aliphatic rings. The average Bonchev–Trinajstić information content (AvgIpc) is 2.27. The first-order valence-electron chi connectivity index (χ1n) is 5.43. The Morgan fingerprint density at radius 3 is 2.24 bits per heavy atom. The molecular weight excluding hydrogens is 238 g/mol. The number of carbonyl (C=O) groups excluding carboxylic acids is 1. The summed E-state index contributed by atoms with van der Waals surface area (Å²) in [6, 6.07) is 7.35. The van der Waals surface area contributed by atoms with Gasteiger partial charge in [0.2, 0.25) is 5.91 Å². The number of aryl methyl sites for hydroxylation is 1. The maximum absolute atomic E-state index is 11.6. The van der Waals surface area contributed by atoms with Crippen molar-refractivity contribution in [2.75, 3.05) is 11.6 Å². The molecule has 0 bridgehead atoms. The fourth-order valence-electron chi connectivity index (χ4n) is 1.26. The van der Waals surface area contributed by atoms with E-state index in [9.17, 15) is 13.2 Å². The fourth-order valence-corrected chi connectivity index (χ4v) is 1.71. The van der Waals surface area contributed by atoms with E-state index in [1.54, 1.807) is 12.1 Å². The second-order valence-corrected chi connectivity index (χ2v) is 6.38. The summed E-state index contributed by atoms with van der Waals surface area (Å²) in [4.78, 5) is 11.6. The van der Waals surface area contributed by atoms with Crippen LogP contribution in [0, 0.1) is 0 Å². The molecule has 94 valence electrons. The third-order valence-corrected chi connectivity index (χ3v) is 4.14. The number of sulfone groups is 1. The summed E-state index contributed by atoms with van der Waals surface area (Å²) in [5.74, 6) is -0.503. The molecule has 1 atom stereocenters. The van der Waals surface area contributed by atoms with Gasteiger partial charge in [-0.3, -0.25) is 4.79 Å². The van der Waals surface area contributed by atoms with Crippen LogP contribution in [-0.4, -0.2) is 25.8 Å². The van der Waals surface area contributed by atoms with Crippen LogP contribution in [0.3, 0.4) is 0 Å². The molecule has 0 saturated carbocycles. The summed E-state index contributed by atoms with van der Waals surface area (Å²) in [7, 11) is -3.35. The Kier molecular flexibility index (Phi) is 4.28. The van der Waals surface area contributed by atoms with Gasteiger partial charge in [0.05, 0.1) is 0 Å². The Labute approximate surface area is 102 Å². The lowest BCUT2D eigenvalue weighted by Crippen LogP contribution is -2.31. The summed E-state index contributed by atoms with van der Waals surface area (Å²) < 4.78 is 22.4. The minimum Gasteiger partial charge on any atom is -0.325 e. The lowest BCUT2D eigenvalue weighted by Gasteiger charge is -2.10. The minimum atomic E-state index is -3.35. The summed E-state index contributed by atoms with van der Waals surface area (Å²) in [5.41, 5.74) is 1.78. The monoisotopic (exact) mass is 255 g/mol. The number of anilines is 1. The van der Waals surface area contributed by atoms with Crippen LogP contribution >= 0.6 is 0 Å². The van der Waals surface area contributed by atoms with Crippen molar-refractivity contribution in [1.29, 1.82) is 0 Å². The van der Waals surface area contributed by atoms with E-state index in [4.69, 9.17) is 0 Å². The molecule has 1 rings (SSSR count). The first kappa shape index (κ1) is 13.7. The van der Waals surface area contributed by atoms with E-state index in [-0.39, 0.29) is 0 Å². The first-order valence-corrected chi connectivity index (χ1v) is 7.38. The van der Waals surface area contributed by atoms with Crippen LogP contribution in [-0.2, 0) is 21.1 Å². The van der Waals surface area contributed by atoms with Crippen LogP contribution in [0.25, 0.3) is 0 Å². The number of carbonyl (C=O) groups is 1. The van der Waals surface area contributed by atoms with Crippen LogP contribution < -0.4 is 5.32 Å². The topological polar surface area (TPSA) is 63.2 Å². The zero-order chi connectivity index (χ0) is 13.1. The molecule has 0 radical (unpaired) electrons. The quantitative estimate of drug-likeness (QED) is 0.889. The molecule has 0 spiro atoms. The van der Waals surface area contributed by atoms with Gasteiger partial charge in [-0.1, -0.05) is 19.1 Å². The number of benzene rings is 1. The van der Waals surface area contributed by atoms with E-state index in [1.165, 1.54) is 12.5 Å². The second-order valence-electron chi connectivity index (χ2n) is 4.01. The van der Waals surface area contributed by atoms with E-state index >= 15 is 0 Å². The van der Waals surface area contributed by atoms with Gasteiger partial charge in [0, 0.05) is 11.9 Å². The third-order valence-electron chi connectivity index (χ3n) is 2.64. The van der Waals surface area contributed by atoms with Gasteiger partial charge in [-0.25, -0.2) is 8.42 Å². The van der Waals surface area contributed by atoms with E-state index in [1.807, 2.05) is 19.1 Å². The number of rotatable bonds is 4. The van der Waals surface area contributed by atoms with Crippen molar-refractivity contribution in [3.05, 3.63) is 29.8 Å². The minimum absolute atomic E-state index is 0.503. The Morgan fingerprint density at radius 2 is 1.82 bits per heavy atom. The summed E-state index contributed by atoms with van der Waals surface area (Å²) in [6.45, 7) is 3.42. The highest BCUT2D eigenvalue weighted by Crippen LogP contribution is 2.11. The smallest absolute Gasteiger partial charge is 0.242 e. The van der Waals surface area contributed by atoms with Crippen molar-refractivity contribution in [2.45, 2.75) is 25.5 Å².